The van der Waals surface area contributed by atoms with Gasteiger partial charge in [-0.05, 0) is 65.1 Å². The molecule has 0 radical (unpaired) electrons. The minimum absolute atomic E-state index is 0.0391. The number of aromatic nitrogens is 1. The molecule has 1 saturated heterocycles. The van der Waals surface area contributed by atoms with Crippen molar-refractivity contribution in [1.29, 1.82) is 0 Å². The number of hydrogen-bond acceptors (Lipinski definition) is 6. The molecule has 1 N–H and O–H groups in total. The molecule has 0 saturated carbocycles. The number of benzene rings is 2. The van der Waals surface area contributed by atoms with Gasteiger partial charge in [0.15, 0.2) is 0 Å². The molecule has 1 aliphatic heterocycles. The van der Waals surface area contributed by atoms with Crippen molar-refractivity contribution in [3.63, 3.8) is 0 Å². The van der Waals surface area contributed by atoms with Gasteiger partial charge < -0.3 is 19.5 Å². The minimum atomic E-state index is -0.789. The van der Waals surface area contributed by atoms with E-state index in [1.807, 2.05) is 19.9 Å². The fraction of sp³-hybridized carbons (Fsp3) is 0.250. The summed E-state index contributed by atoms with van der Waals surface area (Å²) in [6, 6.07) is 15.2. The smallest absolute Gasteiger partial charge is 0.295 e. The number of likely N-dealkylation sites (tertiary alicyclic amines) is 1. The quantitative estimate of drug-likeness (QED) is 0.301. The Morgan fingerprint density at radius 1 is 1.03 bits per heavy atom. The summed E-state index contributed by atoms with van der Waals surface area (Å²) in [5, 5.41) is 11.4. The van der Waals surface area contributed by atoms with Gasteiger partial charge in [0.2, 0.25) is 0 Å². The van der Waals surface area contributed by atoms with Gasteiger partial charge in [0, 0.05) is 24.5 Å². The zero-order valence-electron chi connectivity index (χ0n) is 20.2. The molecule has 4 rings (SSSR count). The average molecular weight is 473 g/mol. The number of hydrogen-bond donors (Lipinski definition) is 1. The lowest BCUT2D eigenvalue weighted by Crippen LogP contribution is -2.29. The summed E-state index contributed by atoms with van der Waals surface area (Å²) in [5.74, 6) is -0.221. The number of carbonyl (C=O) groups is 2. The molecule has 180 valence electrons. The Kier molecular flexibility index (Phi) is 6.87. The van der Waals surface area contributed by atoms with Crippen LogP contribution in [-0.4, -0.2) is 40.9 Å². The van der Waals surface area contributed by atoms with Crippen LogP contribution >= 0.6 is 0 Å². The van der Waals surface area contributed by atoms with E-state index in [-0.39, 0.29) is 23.8 Å². The van der Waals surface area contributed by atoms with E-state index in [2.05, 4.69) is 4.98 Å². The Morgan fingerprint density at radius 2 is 1.77 bits per heavy atom. The average Bonchev–Trinajstić information content (AvgIpc) is 3.13. The Balaban J connectivity index is 1.89. The predicted molar refractivity (Wildman–Crippen MR) is 132 cm³/mol. The number of ketones is 1. The van der Waals surface area contributed by atoms with Crippen LogP contribution in [0.3, 0.4) is 0 Å². The van der Waals surface area contributed by atoms with Crippen LogP contribution < -0.4 is 9.47 Å². The second-order valence-electron chi connectivity index (χ2n) is 8.67. The first kappa shape index (κ1) is 24.0. The number of aliphatic hydroxyl groups is 1. The Morgan fingerprint density at radius 3 is 2.43 bits per heavy atom. The van der Waals surface area contributed by atoms with E-state index in [0.717, 1.165) is 11.1 Å². The molecule has 2 heterocycles. The first-order chi connectivity index (χ1) is 16.8. The van der Waals surface area contributed by atoms with Crippen LogP contribution in [0.25, 0.3) is 5.76 Å². The minimum Gasteiger partial charge on any atom is -0.507 e. The van der Waals surface area contributed by atoms with Crippen LogP contribution in [-0.2, 0) is 16.1 Å². The third-order valence-electron chi connectivity index (χ3n) is 6.18. The molecule has 1 atom stereocenters. The van der Waals surface area contributed by atoms with Gasteiger partial charge in [0.05, 0.1) is 25.8 Å². The van der Waals surface area contributed by atoms with Gasteiger partial charge in [-0.1, -0.05) is 26.0 Å². The molecular formula is C28H28N2O5. The molecule has 1 fully saturated rings. The molecule has 35 heavy (non-hydrogen) atoms. The Hall–Kier alpha value is -4.13. The highest BCUT2D eigenvalue weighted by Gasteiger charge is 2.46. The highest BCUT2D eigenvalue weighted by atomic mass is 16.5. The van der Waals surface area contributed by atoms with Crippen molar-refractivity contribution in [1.82, 2.24) is 9.88 Å². The topological polar surface area (TPSA) is 89.0 Å². The van der Waals surface area contributed by atoms with E-state index < -0.39 is 17.7 Å². The monoisotopic (exact) mass is 472 g/mol. The third-order valence-corrected chi connectivity index (χ3v) is 6.18. The molecule has 2 aromatic carbocycles. The molecular weight excluding hydrogens is 444 g/mol. The van der Waals surface area contributed by atoms with E-state index in [9.17, 15) is 14.7 Å². The number of Topliss-reactive ketones (excluding diaryl/α,β-unsaturated/α-hetero) is 1. The highest BCUT2D eigenvalue weighted by molar-refractivity contribution is 6.46. The maximum Gasteiger partial charge on any atom is 0.295 e. The summed E-state index contributed by atoms with van der Waals surface area (Å²) in [7, 11) is 3.14. The van der Waals surface area contributed by atoms with Gasteiger partial charge in [-0.15, -0.1) is 0 Å². The van der Waals surface area contributed by atoms with Crippen LogP contribution in [0.2, 0.25) is 0 Å². The summed E-state index contributed by atoms with van der Waals surface area (Å²) in [4.78, 5) is 32.1. The van der Waals surface area contributed by atoms with E-state index >= 15 is 0 Å². The van der Waals surface area contributed by atoms with Crippen molar-refractivity contribution < 1.29 is 24.2 Å². The first-order valence-electron chi connectivity index (χ1n) is 11.3. The lowest BCUT2D eigenvalue weighted by Gasteiger charge is -2.26. The molecule has 3 aromatic rings. The molecule has 0 bridgehead atoms. The van der Waals surface area contributed by atoms with Gasteiger partial charge in [0.1, 0.15) is 17.3 Å². The first-order valence-corrected chi connectivity index (χ1v) is 11.3. The number of nitrogens with zero attached hydrogens (tertiary/aromatic N) is 2. The lowest BCUT2D eigenvalue weighted by molar-refractivity contribution is -0.140. The van der Waals surface area contributed by atoms with Crippen molar-refractivity contribution in [3.8, 4) is 11.5 Å². The number of methoxy groups -OCH3 is 2. The Labute approximate surface area is 204 Å². The number of ether oxygens (including phenoxy) is 2. The van der Waals surface area contributed by atoms with Gasteiger partial charge >= 0.3 is 0 Å². The molecule has 7 nitrogen and oxygen atoms in total. The van der Waals surface area contributed by atoms with Gasteiger partial charge in [0.25, 0.3) is 11.7 Å². The normalized spacial score (nSPS) is 17.2. The van der Waals surface area contributed by atoms with Gasteiger partial charge in [-0.2, -0.15) is 0 Å². The summed E-state index contributed by atoms with van der Waals surface area (Å²) in [6.45, 7) is 4.22. The molecule has 7 heteroatoms. The van der Waals surface area contributed by atoms with Crippen LogP contribution in [0.15, 0.2) is 72.6 Å². The van der Waals surface area contributed by atoms with Crippen molar-refractivity contribution in [2.45, 2.75) is 32.4 Å². The third kappa shape index (κ3) is 4.62. The fourth-order valence-electron chi connectivity index (χ4n) is 4.37. The van der Waals surface area contributed by atoms with Crippen LogP contribution in [0.1, 0.15) is 48.1 Å². The number of carbonyl (C=O) groups excluding carboxylic acids is 2. The van der Waals surface area contributed by atoms with Crippen LogP contribution in [0.4, 0.5) is 0 Å². The Bertz CT molecular complexity index is 1280. The summed E-state index contributed by atoms with van der Waals surface area (Å²) in [6.07, 6.45) is 3.27. The summed E-state index contributed by atoms with van der Waals surface area (Å²) >= 11 is 0. The van der Waals surface area contributed by atoms with E-state index in [0.29, 0.717) is 22.6 Å². The number of rotatable bonds is 7. The van der Waals surface area contributed by atoms with Crippen molar-refractivity contribution in [2.24, 2.45) is 0 Å². The van der Waals surface area contributed by atoms with Crippen molar-refractivity contribution in [2.75, 3.05) is 14.2 Å². The van der Waals surface area contributed by atoms with Crippen LogP contribution in [0, 0.1) is 0 Å². The number of aliphatic hydroxyl groups excluding tert-OH is 1. The standard InChI is InChI=1S/C28H28N2O5/c1-17(2)22-15-20(8-9-23(22)35-4)26(31)24-25(19-6-5-7-21(14-19)34-3)30(28(33)27(24)32)16-18-10-12-29-13-11-18/h5-15,17,25,31H,16H2,1-4H3/b26-24-. The van der Waals surface area contributed by atoms with E-state index in [4.69, 9.17) is 9.47 Å². The van der Waals surface area contributed by atoms with Crippen molar-refractivity contribution >= 4 is 17.4 Å². The van der Waals surface area contributed by atoms with E-state index in [1.165, 1.54) is 4.90 Å². The predicted octanol–water partition coefficient (Wildman–Crippen LogP) is 4.84. The summed E-state index contributed by atoms with van der Waals surface area (Å²) in [5.41, 5.74) is 2.86. The second kappa shape index (κ2) is 10.0. The largest absolute Gasteiger partial charge is 0.507 e. The number of pyridine rings is 1. The van der Waals surface area contributed by atoms with Crippen molar-refractivity contribution in [3.05, 3.63) is 94.8 Å². The molecule has 0 aliphatic carbocycles. The summed E-state index contributed by atoms with van der Waals surface area (Å²) < 4.78 is 10.8. The van der Waals surface area contributed by atoms with Crippen LogP contribution in [0.5, 0.6) is 11.5 Å². The molecule has 1 aliphatic rings. The zero-order valence-corrected chi connectivity index (χ0v) is 20.2. The maximum absolute atomic E-state index is 13.3. The fourth-order valence-corrected chi connectivity index (χ4v) is 4.37. The van der Waals surface area contributed by atoms with Gasteiger partial charge in [-0.25, -0.2) is 0 Å². The molecule has 1 unspecified atom stereocenters. The molecule has 1 amide bonds. The second-order valence-corrected chi connectivity index (χ2v) is 8.67. The van der Waals surface area contributed by atoms with E-state index in [1.54, 1.807) is 75.1 Å². The number of amides is 1. The van der Waals surface area contributed by atoms with Gasteiger partial charge in [-0.3, -0.25) is 14.6 Å². The highest BCUT2D eigenvalue weighted by Crippen LogP contribution is 2.41. The lowest BCUT2D eigenvalue weighted by atomic mass is 9.93. The molecule has 0 spiro atoms. The zero-order chi connectivity index (χ0) is 25.1. The molecule has 1 aromatic heterocycles. The SMILES string of the molecule is COc1cccc(C2/C(=C(/O)c3ccc(OC)c(C(C)C)c3)C(=O)C(=O)N2Cc2ccncc2)c1. The maximum atomic E-state index is 13.3.